The summed E-state index contributed by atoms with van der Waals surface area (Å²) in [5.41, 5.74) is 1.44. The molecule has 2 rings (SSSR count). The lowest BCUT2D eigenvalue weighted by atomic mass is 10.0. The minimum atomic E-state index is 1.11. The van der Waals surface area contributed by atoms with Gasteiger partial charge in [0, 0.05) is 0 Å². The molecule has 0 nitrogen and oxygen atoms in total. The summed E-state index contributed by atoms with van der Waals surface area (Å²) in [6.07, 6.45) is 6.25. The van der Waals surface area contributed by atoms with Crippen molar-refractivity contribution in [2.75, 3.05) is 0 Å². The van der Waals surface area contributed by atoms with E-state index in [-0.39, 0.29) is 0 Å². The number of benzene rings is 2. The molecule has 0 atom stereocenters. The molecule has 154 valence electrons. The van der Waals surface area contributed by atoms with Gasteiger partial charge in [0.25, 0.3) is 0 Å². The van der Waals surface area contributed by atoms with Crippen molar-refractivity contribution in [1.82, 2.24) is 0 Å². The summed E-state index contributed by atoms with van der Waals surface area (Å²) in [5.74, 6) is 0. The summed E-state index contributed by atoms with van der Waals surface area (Å²) in [4.78, 5) is 0. The third-order valence-corrected chi connectivity index (χ3v) is 2.76. The van der Waals surface area contributed by atoms with Gasteiger partial charge in [0.1, 0.15) is 0 Å². The van der Waals surface area contributed by atoms with Crippen molar-refractivity contribution < 1.29 is 0 Å². The number of rotatable bonds is 2. The van der Waals surface area contributed by atoms with Crippen LogP contribution >= 0.6 is 0 Å². The summed E-state index contributed by atoms with van der Waals surface area (Å²) in [5, 5.41) is 2.74. The van der Waals surface area contributed by atoms with Crippen LogP contribution in [0.15, 0.2) is 42.5 Å². The van der Waals surface area contributed by atoms with Crippen molar-refractivity contribution in [3.05, 3.63) is 48.0 Å². The van der Waals surface area contributed by atoms with Crippen LogP contribution in [0.4, 0.5) is 0 Å². The molecule has 0 saturated carbocycles. The largest absolute Gasteiger partial charge is 0.0683 e. The van der Waals surface area contributed by atoms with Crippen LogP contribution in [0.1, 0.15) is 107 Å². The lowest BCUT2D eigenvalue weighted by Crippen LogP contribution is -1.81. The van der Waals surface area contributed by atoms with E-state index in [0.717, 1.165) is 6.42 Å². The first kappa shape index (κ1) is 32.4. The van der Waals surface area contributed by atoms with Crippen LogP contribution in [-0.4, -0.2) is 0 Å². The fourth-order valence-corrected chi connectivity index (χ4v) is 1.60. The standard InChI is InChI=1S/C12H12.C4H10.2C3H8.2C2H6/c1-2-10-7-5-8-11-6-3-4-9-12(10)11;1-3-4-2;2*1-3-2;2*1-2/h3-9H,2H2,1H3;3-4H2,1-2H3;2*3H2,1-2H3;2*1-2H3. The molecule has 0 amide bonds. The van der Waals surface area contributed by atoms with Gasteiger partial charge in [-0.15, -0.1) is 0 Å². The van der Waals surface area contributed by atoms with Crippen LogP contribution in [-0.2, 0) is 6.42 Å². The van der Waals surface area contributed by atoms with E-state index >= 15 is 0 Å². The highest BCUT2D eigenvalue weighted by atomic mass is 14.0. The van der Waals surface area contributed by atoms with E-state index in [0.29, 0.717) is 0 Å². The second-order valence-electron chi connectivity index (χ2n) is 5.41. The van der Waals surface area contributed by atoms with Gasteiger partial charge in [0.05, 0.1) is 0 Å². The summed E-state index contributed by atoms with van der Waals surface area (Å²) in [7, 11) is 0. The van der Waals surface area contributed by atoms with Gasteiger partial charge < -0.3 is 0 Å². The second-order valence-corrected chi connectivity index (χ2v) is 5.41. The van der Waals surface area contributed by atoms with Crippen LogP contribution in [0.2, 0.25) is 0 Å². The van der Waals surface area contributed by atoms with E-state index in [1.807, 2.05) is 27.7 Å². The van der Waals surface area contributed by atoms with E-state index in [1.54, 1.807) is 0 Å². The van der Waals surface area contributed by atoms with E-state index in [9.17, 15) is 0 Å². The summed E-state index contributed by atoms with van der Waals surface area (Å²) in [6, 6.07) is 15.0. The number of unbranched alkanes of at least 4 members (excludes halogenated alkanes) is 1. The fraction of sp³-hybridized carbons (Fsp3) is 0.615. The van der Waals surface area contributed by atoms with Gasteiger partial charge in [-0.3, -0.25) is 0 Å². The maximum absolute atomic E-state index is 2.20. The average Bonchev–Trinajstić information content (AvgIpc) is 2.72. The number of hydrogen-bond acceptors (Lipinski definition) is 0. The van der Waals surface area contributed by atoms with Gasteiger partial charge in [0.15, 0.2) is 0 Å². The van der Waals surface area contributed by atoms with Gasteiger partial charge in [0.2, 0.25) is 0 Å². The van der Waals surface area contributed by atoms with Gasteiger partial charge in [-0.25, -0.2) is 0 Å². The van der Waals surface area contributed by atoms with E-state index in [1.165, 1.54) is 42.0 Å². The highest BCUT2D eigenvalue weighted by Crippen LogP contribution is 2.18. The van der Waals surface area contributed by atoms with Gasteiger partial charge in [-0.05, 0) is 22.8 Å². The molecule has 0 saturated heterocycles. The number of hydrogen-bond donors (Lipinski definition) is 0. The first-order chi connectivity index (χ1) is 12.7. The van der Waals surface area contributed by atoms with Crippen LogP contribution < -0.4 is 0 Å². The monoisotopic (exact) mass is 362 g/mol. The molecule has 2 aromatic rings. The maximum Gasteiger partial charge on any atom is -0.0152 e. The van der Waals surface area contributed by atoms with Crippen molar-refractivity contribution in [2.24, 2.45) is 0 Å². The highest BCUT2D eigenvalue weighted by Gasteiger charge is 1.95. The zero-order valence-corrected chi connectivity index (χ0v) is 20.1. The topological polar surface area (TPSA) is 0 Å². The zero-order chi connectivity index (χ0) is 21.2. The second kappa shape index (κ2) is 31.5. The van der Waals surface area contributed by atoms with Crippen molar-refractivity contribution >= 4 is 10.8 Å². The minimum Gasteiger partial charge on any atom is -0.0683 e. The minimum absolute atomic E-state index is 1.11. The predicted octanol–water partition coefficient (Wildman–Crippen LogP) is 10.1. The normalized spacial score (nSPS) is 7.81. The molecule has 0 aliphatic rings. The molecule has 0 heterocycles. The first-order valence-electron chi connectivity index (χ1n) is 11.1. The fourth-order valence-electron chi connectivity index (χ4n) is 1.60. The Morgan fingerprint density at radius 1 is 0.538 bits per heavy atom. The van der Waals surface area contributed by atoms with Crippen molar-refractivity contribution in [3.63, 3.8) is 0 Å². The molecule has 0 bridgehead atoms. The quantitative estimate of drug-likeness (QED) is 0.498. The SMILES string of the molecule is CC.CC.CCC.CCC.CCCC.CCc1cccc2ccccc12. The van der Waals surface area contributed by atoms with Crippen molar-refractivity contribution in [3.8, 4) is 0 Å². The lowest BCUT2D eigenvalue weighted by molar-refractivity contribution is 0.886. The van der Waals surface area contributed by atoms with Crippen molar-refractivity contribution in [1.29, 1.82) is 0 Å². The predicted molar refractivity (Wildman–Crippen MR) is 129 cm³/mol. The molecule has 0 radical (unpaired) electrons. The van der Waals surface area contributed by atoms with Crippen LogP contribution in [0.3, 0.4) is 0 Å². The van der Waals surface area contributed by atoms with E-state index in [2.05, 4.69) is 90.9 Å². The van der Waals surface area contributed by atoms with Crippen molar-refractivity contribution in [2.45, 2.75) is 108 Å². The van der Waals surface area contributed by atoms with Crippen LogP contribution in [0, 0.1) is 0 Å². The first-order valence-corrected chi connectivity index (χ1v) is 11.1. The Hall–Kier alpha value is -1.30. The average molecular weight is 363 g/mol. The molecule has 0 aliphatic heterocycles. The molecule has 0 fully saturated rings. The maximum atomic E-state index is 2.20. The molecule has 0 unspecified atom stereocenters. The van der Waals surface area contributed by atoms with Crippen LogP contribution in [0.5, 0.6) is 0 Å². The molecule has 0 heteroatoms. The molecule has 0 aromatic heterocycles. The Labute approximate surface area is 167 Å². The Morgan fingerprint density at radius 3 is 1.31 bits per heavy atom. The number of fused-ring (bicyclic) bond motifs is 1. The van der Waals surface area contributed by atoms with Gasteiger partial charge >= 0.3 is 0 Å². The van der Waals surface area contributed by atoms with Gasteiger partial charge in [-0.2, -0.15) is 0 Å². The Bertz CT molecular complexity index is 433. The summed E-state index contributed by atoms with van der Waals surface area (Å²) < 4.78 is 0. The Balaban J connectivity index is -0.000000145. The molecule has 0 N–H and O–H groups in total. The van der Waals surface area contributed by atoms with E-state index in [4.69, 9.17) is 0 Å². The molecular weight excluding hydrogens is 312 g/mol. The van der Waals surface area contributed by atoms with E-state index < -0.39 is 0 Å². The summed E-state index contributed by atoms with van der Waals surface area (Å²) >= 11 is 0. The summed E-state index contributed by atoms with van der Waals surface area (Å²) in [6.45, 7) is 23.1. The number of aryl methyl sites for hydroxylation is 1. The molecular formula is C26H50. The van der Waals surface area contributed by atoms with Gasteiger partial charge in [-0.1, -0.05) is 144 Å². The molecule has 2 aromatic carbocycles. The lowest BCUT2D eigenvalue weighted by Gasteiger charge is -2.02. The van der Waals surface area contributed by atoms with Crippen LogP contribution in [0.25, 0.3) is 10.8 Å². The molecule has 0 spiro atoms. The third kappa shape index (κ3) is 20.7. The smallest absolute Gasteiger partial charge is 0.0152 e. The highest BCUT2D eigenvalue weighted by molar-refractivity contribution is 5.85. The Kier molecular flexibility index (Phi) is 39.2. The zero-order valence-electron chi connectivity index (χ0n) is 20.1. The molecule has 26 heavy (non-hydrogen) atoms. The molecule has 0 aliphatic carbocycles. The Morgan fingerprint density at radius 2 is 0.923 bits per heavy atom. The third-order valence-electron chi connectivity index (χ3n) is 2.76.